The molecule has 1 aromatic heterocycles. The maximum atomic E-state index is 11.9. The van der Waals surface area contributed by atoms with Crippen LogP contribution < -0.4 is 5.32 Å². The summed E-state index contributed by atoms with van der Waals surface area (Å²) in [7, 11) is 2.01. The van der Waals surface area contributed by atoms with Gasteiger partial charge in [-0.1, -0.05) is 30.3 Å². The molecular weight excluding hydrogens is 258 g/mol. The van der Waals surface area contributed by atoms with E-state index in [1.807, 2.05) is 42.8 Å². The highest BCUT2D eigenvalue weighted by atomic mass is 32.1. The van der Waals surface area contributed by atoms with E-state index in [0.717, 1.165) is 24.3 Å². The number of hydrogen-bond donors (Lipinski definition) is 1. The van der Waals surface area contributed by atoms with Gasteiger partial charge < -0.3 is 10.2 Å². The number of nitrogens with one attached hydrogen (secondary N) is 1. The molecule has 2 heterocycles. The number of benzene rings is 1. The lowest BCUT2D eigenvalue weighted by atomic mass is 10.0. The number of amides is 1. The molecule has 1 fully saturated rings. The van der Waals surface area contributed by atoms with Gasteiger partial charge in [0.1, 0.15) is 0 Å². The zero-order valence-electron chi connectivity index (χ0n) is 10.7. The quantitative estimate of drug-likeness (QED) is 0.933. The van der Waals surface area contributed by atoms with E-state index in [4.69, 9.17) is 0 Å². The molecule has 4 nitrogen and oxygen atoms in total. The molecule has 2 aromatic rings. The molecule has 1 aliphatic rings. The Morgan fingerprint density at radius 3 is 2.79 bits per heavy atom. The fourth-order valence-corrected chi connectivity index (χ4v) is 2.87. The van der Waals surface area contributed by atoms with Crippen LogP contribution in [0.4, 0.5) is 5.13 Å². The average Bonchev–Trinajstić information content (AvgIpc) is 2.84. The summed E-state index contributed by atoms with van der Waals surface area (Å²) in [5.74, 6) is 0.182. The smallest absolute Gasteiger partial charge is 0.231 e. The van der Waals surface area contributed by atoms with Crippen molar-refractivity contribution in [1.82, 2.24) is 9.88 Å². The molecule has 1 aromatic carbocycles. The molecule has 0 spiro atoms. The molecule has 3 rings (SSSR count). The van der Waals surface area contributed by atoms with Gasteiger partial charge in [-0.2, -0.15) is 0 Å². The van der Waals surface area contributed by atoms with Gasteiger partial charge in [0.05, 0.1) is 11.6 Å². The van der Waals surface area contributed by atoms with Crippen LogP contribution in [0.25, 0.3) is 11.3 Å². The van der Waals surface area contributed by atoms with Crippen LogP contribution in [0, 0.1) is 5.92 Å². The Morgan fingerprint density at radius 2 is 2.11 bits per heavy atom. The highest BCUT2D eigenvalue weighted by Gasteiger charge is 2.30. The summed E-state index contributed by atoms with van der Waals surface area (Å²) in [4.78, 5) is 18.5. The lowest BCUT2D eigenvalue weighted by Crippen LogP contribution is -2.49. The Balaban J connectivity index is 1.67. The van der Waals surface area contributed by atoms with E-state index in [1.54, 1.807) is 0 Å². The van der Waals surface area contributed by atoms with Crippen LogP contribution >= 0.6 is 11.3 Å². The van der Waals surface area contributed by atoms with Gasteiger partial charge in [0, 0.05) is 24.0 Å². The predicted octanol–water partition coefficient (Wildman–Crippen LogP) is 2.31. The summed E-state index contributed by atoms with van der Waals surface area (Å²) in [5.41, 5.74) is 1.98. The third-order valence-corrected chi connectivity index (χ3v) is 4.00. The van der Waals surface area contributed by atoms with Crippen molar-refractivity contribution in [2.45, 2.75) is 0 Å². The SMILES string of the molecule is CN1CC(C(=O)Nc2nc(-c3ccccc3)cs2)C1. The highest BCUT2D eigenvalue weighted by Crippen LogP contribution is 2.25. The van der Waals surface area contributed by atoms with Gasteiger partial charge in [-0.25, -0.2) is 4.98 Å². The molecular formula is C14H15N3OS. The van der Waals surface area contributed by atoms with Crippen molar-refractivity contribution in [1.29, 1.82) is 0 Å². The van der Waals surface area contributed by atoms with Gasteiger partial charge >= 0.3 is 0 Å². The Bertz CT molecular complexity index is 575. The zero-order valence-corrected chi connectivity index (χ0v) is 11.5. The summed E-state index contributed by atoms with van der Waals surface area (Å²) < 4.78 is 0. The fourth-order valence-electron chi connectivity index (χ4n) is 2.14. The van der Waals surface area contributed by atoms with Gasteiger partial charge in [-0.15, -0.1) is 11.3 Å². The normalized spacial score (nSPS) is 16.1. The lowest BCUT2D eigenvalue weighted by molar-refractivity contribution is -0.124. The van der Waals surface area contributed by atoms with Crippen LogP contribution in [0.1, 0.15) is 0 Å². The number of aromatic nitrogens is 1. The Hall–Kier alpha value is -1.72. The van der Waals surface area contributed by atoms with Gasteiger partial charge in [0.2, 0.25) is 5.91 Å². The van der Waals surface area contributed by atoms with E-state index in [2.05, 4.69) is 15.2 Å². The number of carbonyl (C=O) groups is 1. The number of thiazole rings is 1. The molecule has 1 saturated heterocycles. The van der Waals surface area contributed by atoms with Crippen LogP contribution in [-0.4, -0.2) is 35.9 Å². The number of hydrogen-bond acceptors (Lipinski definition) is 4. The van der Waals surface area contributed by atoms with Crippen LogP contribution in [-0.2, 0) is 4.79 Å². The first-order chi connectivity index (χ1) is 9.22. The molecule has 1 N–H and O–H groups in total. The first-order valence-electron chi connectivity index (χ1n) is 6.23. The molecule has 0 saturated carbocycles. The average molecular weight is 273 g/mol. The van der Waals surface area contributed by atoms with Crippen LogP contribution in [0.3, 0.4) is 0 Å². The van der Waals surface area contributed by atoms with E-state index in [9.17, 15) is 4.79 Å². The van der Waals surface area contributed by atoms with E-state index in [-0.39, 0.29) is 11.8 Å². The number of likely N-dealkylation sites (tertiary alicyclic amines) is 1. The van der Waals surface area contributed by atoms with Crippen LogP contribution in [0.15, 0.2) is 35.7 Å². The van der Waals surface area contributed by atoms with Gasteiger partial charge in [0.15, 0.2) is 5.13 Å². The summed E-state index contributed by atoms with van der Waals surface area (Å²) >= 11 is 1.47. The maximum Gasteiger partial charge on any atom is 0.231 e. The number of anilines is 1. The Morgan fingerprint density at radius 1 is 1.37 bits per heavy atom. The second-order valence-electron chi connectivity index (χ2n) is 4.81. The van der Waals surface area contributed by atoms with E-state index in [0.29, 0.717) is 5.13 Å². The largest absolute Gasteiger partial charge is 0.305 e. The molecule has 0 atom stereocenters. The van der Waals surface area contributed by atoms with Crippen molar-refractivity contribution in [3.63, 3.8) is 0 Å². The second-order valence-corrected chi connectivity index (χ2v) is 5.67. The predicted molar refractivity (Wildman–Crippen MR) is 77.2 cm³/mol. The zero-order chi connectivity index (χ0) is 13.2. The minimum Gasteiger partial charge on any atom is -0.305 e. The molecule has 0 unspecified atom stereocenters. The van der Waals surface area contributed by atoms with E-state index >= 15 is 0 Å². The molecule has 5 heteroatoms. The van der Waals surface area contributed by atoms with Crippen molar-refractivity contribution >= 4 is 22.4 Å². The Kier molecular flexibility index (Phi) is 3.31. The maximum absolute atomic E-state index is 11.9. The van der Waals surface area contributed by atoms with Crippen molar-refractivity contribution in [3.8, 4) is 11.3 Å². The van der Waals surface area contributed by atoms with Crippen LogP contribution in [0.5, 0.6) is 0 Å². The van der Waals surface area contributed by atoms with Crippen molar-refractivity contribution in [2.75, 3.05) is 25.5 Å². The minimum absolute atomic E-state index is 0.0760. The number of rotatable bonds is 3. The molecule has 0 bridgehead atoms. The summed E-state index contributed by atoms with van der Waals surface area (Å²) in [5, 5.41) is 5.55. The first kappa shape index (κ1) is 12.3. The van der Waals surface area contributed by atoms with Gasteiger partial charge in [-0.05, 0) is 7.05 Å². The van der Waals surface area contributed by atoms with E-state index < -0.39 is 0 Å². The molecule has 0 aliphatic carbocycles. The number of nitrogens with zero attached hydrogens (tertiary/aromatic N) is 2. The Labute approximate surface area is 116 Å². The highest BCUT2D eigenvalue weighted by molar-refractivity contribution is 7.14. The molecule has 1 amide bonds. The summed E-state index contributed by atoms with van der Waals surface area (Å²) in [6.45, 7) is 1.67. The summed E-state index contributed by atoms with van der Waals surface area (Å²) in [6, 6.07) is 9.98. The first-order valence-corrected chi connectivity index (χ1v) is 7.11. The fraction of sp³-hybridized carbons (Fsp3) is 0.286. The molecule has 98 valence electrons. The van der Waals surface area contributed by atoms with Crippen molar-refractivity contribution in [3.05, 3.63) is 35.7 Å². The molecule has 19 heavy (non-hydrogen) atoms. The number of carbonyl (C=O) groups excluding carboxylic acids is 1. The van der Waals surface area contributed by atoms with Crippen LogP contribution in [0.2, 0.25) is 0 Å². The van der Waals surface area contributed by atoms with Crippen molar-refractivity contribution in [2.24, 2.45) is 5.92 Å². The molecule has 1 aliphatic heterocycles. The lowest BCUT2D eigenvalue weighted by Gasteiger charge is -2.34. The van der Waals surface area contributed by atoms with Crippen molar-refractivity contribution < 1.29 is 4.79 Å². The molecule has 0 radical (unpaired) electrons. The minimum atomic E-state index is 0.0760. The summed E-state index contributed by atoms with van der Waals surface area (Å²) in [6.07, 6.45) is 0. The monoisotopic (exact) mass is 273 g/mol. The third kappa shape index (κ3) is 2.67. The standard InChI is InChI=1S/C14H15N3OS/c1-17-7-11(8-17)13(18)16-14-15-12(9-19-14)10-5-3-2-4-6-10/h2-6,9,11H,7-8H2,1H3,(H,15,16,18). The second kappa shape index (κ2) is 5.11. The van der Waals surface area contributed by atoms with E-state index in [1.165, 1.54) is 11.3 Å². The topological polar surface area (TPSA) is 45.2 Å². The van der Waals surface area contributed by atoms with Gasteiger partial charge in [-0.3, -0.25) is 4.79 Å². The van der Waals surface area contributed by atoms with Gasteiger partial charge in [0.25, 0.3) is 0 Å². The third-order valence-electron chi connectivity index (χ3n) is 3.24.